The van der Waals surface area contributed by atoms with Crippen molar-refractivity contribution in [2.45, 2.75) is 32.4 Å². The first-order valence-corrected chi connectivity index (χ1v) is 9.26. The predicted molar refractivity (Wildman–Crippen MR) is 108 cm³/mol. The van der Waals surface area contributed by atoms with Gasteiger partial charge in [-0.1, -0.05) is 36.4 Å². The van der Waals surface area contributed by atoms with Crippen molar-refractivity contribution < 1.29 is 19.1 Å². The summed E-state index contributed by atoms with van der Waals surface area (Å²) in [6.07, 6.45) is 0.842. The van der Waals surface area contributed by atoms with E-state index in [0.29, 0.717) is 30.9 Å². The van der Waals surface area contributed by atoms with Gasteiger partial charge in [0.15, 0.2) is 11.5 Å². The van der Waals surface area contributed by atoms with Gasteiger partial charge < -0.3 is 19.7 Å². The second kappa shape index (κ2) is 10.3. The van der Waals surface area contributed by atoms with Crippen LogP contribution in [0.4, 0.5) is 0 Å². The summed E-state index contributed by atoms with van der Waals surface area (Å²) in [5.74, 6) is 1.02. The van der Waals surface area contributed by atoms with E-state index in [9.17, 15) is 9.59 Å². The highest BCUT2D eigenvalue weighted by atomic mass is 16.5. The highest BCUT2D eigenvalue weighted by molar-refractivity contribution is 5.87. The Kier molecular flexibility index (Phi) is 7.87. The molecule has 1 unspecified atom stereocenters. The molecule has 0 radical (unpaired) electrons. The fourth-order valence-electron chi connectivity index (χ4n) is 3.00. The summed E-state index contributed by atoms with van der Waals surface area (Å²) in [6.45, 7) is 2.14. The van der Waals surface area contributed by atoms with Gasteiger partial charge in [-0.3, -0.25) is 9.59 Å². The first-order valence-electron chi connectivity index (χ1n) is 9.26. The SMILES string of the molecule is CNC(=O)C(C)N(Cc1ccccc1)C(=O)CCc1ccc(OC)c(OC)c1. The smallest absolute Gasteiger partial charge is 0.242 e. The van der Waals surface area contributed by atoms with Gasteiger partial charge in [0.2, 0.25) is 11.8 Å². The van der Waals surface area contributed by atoms with E-state index >= 15 is 0 Å². The largest absolute Gasteiger partial charge is 0.493 e. The average Bonchev–Trinajstić information content (AvgIpc) is 2.75. The number of amides is 2. The van der Waals surface area contributed by atoms with Gasteiger partial charge in [0, 0.05) is 20.0 Å². The number of nitrogens with zero attached hydrogens (tertiary/aromatic N) is 1. The zero-order valence-corrected chi connectivity index (χ0v) is 16.9. The van der Waals surface area contributed by atoms with Crippen molar-refractivity contribution in [2.75, 3.05) is 21.3 Å². The fourth-order valence-corrected chi connectivity index (χ4v) is 3.00. The molecule has 1 N–H and O–H groups in total. The summed E-state index contributed by atoms with van der Waals surface area (Å²) in [5, 5.41) is 2.62. The minimum absolute atomic E-state index is 0.0743. The standard InChI is InChI=1S/C22H28N2O4/c1-16(22(26)23-2)24(15-18-8-6-5-7-9-18)21(25)13-11-17-10-12-19(27-3)20(14-17)28-4/h5-10,12,14,16H,11,13,15H2,1-4H3,(H,23,26). The van der Waals surface area contributed by atoms with E-state index in [1.54, 1.807) is 33.1 Å². The van der Waals surface area contributed by atoms with Crippen molar-refractivity contribution in [3.8, 4) is 11.5 Å². The fraction of sp³-hybridized carbons (Fsp3) is 0.364. The lowest BCUT2D eigenvalue weighted by Gasteiger charge is -2.28. The normalized spacial score (nSPS) is 11.4. The van der Waals surface area contributed by atoms with Crippen molar-refractivity contribution >= 4 is 11.8 Å². The lowest BCUT2D eigenvalue weighted by atomic mass is 10.1. The van der Waals surface area contributed by atoms with Crippen LogP contribution in [0.3, 0.4) is 0 Å². The third kappa shape index (κ3) is 5.49. The van der Waals surface area contributed by atoms with E-state index in [1.807, 2.05) is 48.5 Å². The number of benzene rings is 2. The third-order valence-electron chi connectivity index (χ3n) is 4.68. The van der Waals surface area contributed by atoms with Crippen LogP contribution >= 0.6 is 0 Å². The van der Waals surface area contributed by atoms with Gasteiger partial charge in [-0.2, -0.15) is 0 Å². The van der Waals surface area contributed by atoms with Crippen LogP contribution in [0.5, 0.6) is 11.5 Å². The molecular weight excluding hydrogens is 356 g/mol. The molecule has 0 heterocycles. The number of carbonyl (C=O) groups excluding carboxylic acids is 2. The maximum absolute atomic E-state index is 13.0. The Balaban J connectivity index is 2.12. The van der Waals surface area contributed by atoms with Crippen LogP contribution in [-0.2, 0) is 22.6 Å². The monoisotopic (exact) mass is 384 g/mol. The molecule has 1 atom stereocenters. The van der Waals surface area contributed by atoms with Gasteiger partial charge >= 0.3 is 0 Å². The van der Waals surface area contributed by atoms with Gasteiger partial charge in [-0.05, 0) is 36.6 Å². The Bertz CT molecular complexity index is 792. The van der Waals surface area contributed by atoms with Crippen LogP contribution in [0.2, 0.25) is 0 Å². The Labute approximate surface area is 166 Å². The first kappa shape index (κ1) is 21.3. The van der Waals surface area contributed by atoms with Crippen molar-refractivity contribution in [3.05, 3.63) is 59.7 Å². The van der Waals surface area contributed by atoms with Crippen LogP contribution in [0, 0.1) is 0 Å². The Hall–Kier alpha value is -3.02. The molecule has 2 rings (SSSR count). The van der Waals surface area contributed by atoms with Crippen molar-refractivity contribution in [3.63, 3.8) is 0 Å². The second-order valence-corrected chi connectivity index (χ2v) is 6.49. The molecule has 6 nitrogen and oxygen atoms in total. The van der Waals surface area contributed by atoms with Crippen LogP contribution in [0.25, 0.3) is 0 Å². The van der Waals surface area contributed by atoms with E-state index in [0.717, 1.165) is 11.1 Å². The minimum atomic E-state index is -0.553. The number of nitrogens with one attached hydrogen (secondary N) is 1. The summed E-state index contributed by atoms with van der Waals surface area (Å²) in [5.41, 5.74) is 1.95. The van der Waals surface area contributed by atoms with Gasteiger partial charge in [0.05, 0.1) is 14.2 Å². The second-order valence-electron chi connectivity index (χ2n) is 6.49. The Morgan fingerprint density at radius 1 is 1.00 bits per heavy atom. The van der Waals surface area contributed by atoms with E-state index < -0.39 is 6.04 Å². The molecule has 0 saturated carbocycles. The molecule has 0 aromatic heterocycles. The number of carbonyl (C=O) groups is 2. The highest BCUT2D eigenvalue weighted by Crippen LogP contribution is 2.28. The van der Waals surface area contributed by atoms with E-state index in [2.05, 4.69) is 5.32 Å². The summed E-state index contributed by atoms with van der Waals surface area (Å²) in [6, 6.07) is 14.7. The minimum Gasteiger partial charge on any atom is -0.493 e. The topological polar surface area (TPSA) is 67.9 Å². The summed E-state index contributed by atoms with van der Waals surface area (Å²) in [4.78, 5) is 26.7. The van der Waals surface area contributed by atoms with Gasteiger partial charge in [-0.25, -0.2) is 0 Å². The molecule has 0 aliphatic heterocycles. The molecule has 0 fully saturated rings. The molecule has 150 valence electrons. The van der Waals surface area contributed by atoms with Crippen molar-refractivity contribution in [2.24, 2.45) is 0 Å². The van der Waals surface area contributed by atoms with Gasteiger partial charge in [0.1, 0.15) is 6.04 Å². The van der Waals surface area contributed by atoms with E-state index in [-0.39, 0.29) is 11.8 Å². The summed E-state index contributed by atoms with van der Waals surface area (Å²) in [7, 11) is 4.75. The van der Waals surface area contributed by atoms with Crippen LogP contribution in [0.15, 0.2) is 48.5 Å². The number of hydrogen-bond acceptors (Lipinski definition) is 4. The van der Waals surface area contributed by atoms with Gasteiger partial charge in [-0.15, -0.1) is 0 Å². The predicted octanol–water partition coefficient (Wildman–Crippen LogP) is 2.80. The van der Waals surface area contributed by atoms with E-state index in [1.165, 1.54) is 0 Å². The summed E-state index contributed by atoms with van der Waals surface area (Å²) < 4.78 is 10.6. The molecule has 0 aliphatic rings. The van der Waals surface area contributed by atoms with Crippen molar-refractivity contribution in [1.82, 2.24) is 10.2 Å². The molecule has 2 aromatic rings. The Morgan fingerprint density at radius 3 is 2.29 bits per heavy atom. The number of aryl methyl sites for hydroxylation is 1. The molecule has 0 spiro atoms. The maximum Gasteiger partial charge on any atom is 0.242 e. The zero-order valence-electron chi connectivity index (χ0n) is 16.9. The van der Waals surface area contributed by atoms with Crippen LogP contribution in [0.1, 0.15) is 24.5 Å². The number of rotatable bonds is 9. The van der Waals surface area contributed by atoms with Crippen LogP contribution in [-0.4, -0.2) is 44.0 Å². The number of methoxy groups -OCH3 is 2. The lowest BCUT2D eigenvalue weighted by Crippen LogP contribution is -2.46. The Morgan fingerprint density at radius 2 is 1.68 bits per heavy atom. The molecule has 28 heavy (non-hydrogen) atoms. The third-order valence-corrected chi connectivity index (χ3v) is 4.68. The molecule has 2 aromatic carbocycles. The molecule has 2 amide bonds. The van der Waals surface area contributed by atoms with Crippen molar-refractivity contribution in [1.29, 1.82) is 0 Å². The molecule has 0 aliphatic carbocycles. The molecule has 0 bridgehead atoms. The first-order chi connectivity index (χ1) is 13.5. The molecular formula is C22H28N2O4. The zero-order chi connectivity index (χ0) is 20.5. The molecule has 6 heteroatoms. The highest BCUT2D eigenvalue weighted by Gasteiger charge is 2.25. The quantitative estimate of drug-likeness (QED) is 0.722. The average molecular weight is 384 g/mol. The number of likely N-dealkylation sites (N-methyl/N-ethyl adjacent to an activating group) is 1. The van der Waals surface area contributed by atoms with E-state index in [4.69, 9.17) is 9.47 Å². The van der Waals surface area contributed by atoms with Crippen LogP contribution < -0.4 is 14.8 Å². The van der Waals surface area contributed by atoms with Gasteiger partial charge in [0.25, 0.3) is 0 Å². The number of ether oxygens (including phenoxy) is 2. The lowest BCUT2D eigenvalue weighted by molar-refractivity contribution is -0.140. The maximum atomic E-state index is 13.0. The number of hydrogen-bond donors (Lipinski definition) is 1. The molecule has 0 saturated heterocycles. The summed E-state index contributed by atoms with van der Waals surface area (Å²) >= 11 is 0.